The zero-order valence-electron chi connectivity index (χ0n) is 17.0. The molecule has 0 unspecified atom stereocenters. The van der Waals surface area contributed by atoms with Gasteiger partial charge in [-0.1, -0.05) is 19.9 Å². The highest BCUT2D eigenvalue weighted by Crippen LogP contribution is 2.50. The van der Waals surface area contributed by atoms with Crippen LogP contribution in [0.5, 0.6) is 5.75 Å². The normalized spacial score (nSPS) is 16.7. The summed E-state index contributed by atoms with van der Waals surface area (Å²) in [6.45, 7) is 4.22. The van der Waals surface area contributed by atoms with E-state index >= 15 is 0 Å². The van der Waals surface area contributed by atoms with Gasteiger partial charge in [0.05, 0.1) is 31.0 Å². The Morgan fingerprint density at radius 2 is 1.97 bits per heavy atom. The van der Waals surface area contributed by atoms with Gasteiger partial charge >= 0.3 is 0 Å². The molecule has 4 rings (SSSR count). The Kier molecular flexibility index (Phi) is 5.82. The SMILES string of the molecule is CC1(C)C2=C(C(=O)c3ccc(OCC[C@H](O)CO)cc31)c1cc(C#N)ccc1C2.O. The van der Waals surface area contributed by atoms with Crippen molar-refractivity contribution in [2.75, 3.05) is 13.2 Å². The van der Waals surface area contributed by atoms with Gasteiger partial charge in [-0.3, -0.25) is 4.79 Å². The molecular weight excluding hydrogens is 382 g/mol. The Labute approximate surface area is 175 Å². The summed E-state index contributed by atoms with van der Waals surface area (Å²) in [5.41, 5.74) is 5.55. The van der Waals surface area contributed by atoms with E-state index in [-0.39, 0.29) is 29.9 Å². The van der Waals surface area contributed by atoms with Crippen LogP contribution in [-0.2, 0) is 11.8 Å². The highest BCUT2D eigenvalue weighted by molar-refractivity contribution is 6.33. The van der Waals surface area contributed by atoms with E-state index < -0.39 is 6.10 Å². The summed E-state index contributed by atoms with van der Waals surface area (Å²) in [4.78, 5) is 13.4. The van der Waals surface area contributed by atoms with Gasteiger partial charge in [0, 0.05) is 23.0 Å². The molecule has 0 radical (unpaired) electrons. The number of benzene rings is 2. The van der Waals surface area contributed by atoms with E-state index in [1.807, 2.05) is 18.2 Å². The number of Topliss-reactive ketones (excluding diaryl/α,β-unsaturated/α-hetero) is 1. The summed E-state index contributed by atoms with van der Waals surface area (Å²) in [7, 11) is 0. The molecule has 0 amide bonds. The number of carbonyl (C=O) groups excluding carboxylic acids is 1. The van der Waals surface area contributed by atoms with Gasteiger partial charge in [-0.15, -0.1) is 0 Å². The number of carbonyl (C=O) groups is 1. The van der Waals surface area contributed by atoms with Crippen molar-refractivity contribution in [2.45, 2.75) is 38.2 Å². The maximum Gasteiger partial charge on any atom is 0.193 e. The molecule has 2 aromatic rings. The van der Waals surface area contributed by atoms with Crippen LogP contribution in [0.4, 0.5) is 0 Å². The Balaban J connectivity index is 0.00000256. The Morgan fingerprint density at radius 1 is 1.20 bits per heavy atom. The first-order chi connectivity index (χ1) is 13.9. The molecule has 6 nitrogen and oxygen atoms in total. The number of rotatable bonds is 5. The van der Waals surface area contributed by atoms with Crippen molar-refractivity contribution in [3.05, 3.63) is 69.8 Å². The topological polar surface area (TPSA) is 122 Å². The van der Waals surface area contributed by atoms with Crippen molar-refractivity contribution in [3.63, 3.8) is 0 Å². The number of nitriles is 1. The number of aliphatic hydroxyl groups is 2. The zero-order valence-corrected chi connectivity index (χ0v) is 17.0. The average molecular weight is 407 g/mol. The second-order valence-electron chi connectivity index (χ2n) is 8.15. The number of ether oxygens (including phenoxy) is 1. The lowest BCUT2D eigenvalue weighted by molar-refractivity contribution is 0.0754. The van der Waals surface area contributed by atoms with Gasteiger partial charge < -0.3 is 20.4 Å². The first-order valence-electron chi connectivity index (χ1n) is 9.74. The highest BCUT2D eigenvalue weighted by Gasteiger charge is 2.42. The minimum Gasteiger partial charge on any atom is -0.493 e. The molecule has 0 aromatic heterocycles. The minimum absolute atomic E-state index is 0. The van der Waals surface area contributed by atoms with E-state index in [2.05, 4.69) is 19.9 Å². The van der Waals surface area contributed by atoms with Gasteiger partial charge in [-0.05, 0) is 59.0 Å². The molecule has 0 bridgehead atoms. The summed E-state index contributed by atoms with van der Waals surface area (Å²) >= 11 is 0. The van der Waals surface area contributed by atoms with Gasteiger partial charge in [0.25, 0.3) is 0 Å². The monoisotopic (exact) mass is 407 g/mol. The number of hydrogen-bond donors (Lipinski definition) is 2. The first kappa shape index (κ1) is 21.7. The summed E-state index contributed by atoms with van der Waals surface area (Å²) in [6.07, 6.45) is 0.234. The molecule has 30 heavy (non-hydrogen) atoms. The molecule has 2 aliphatic rings. The fraction of sp³-hybridized carbons (Fsp3) is 0.333. The van der Waals surface area contributed by atoms with Crippen LogP contribution in [0.25, 0.3) is 5.57 Å². The Hall–Kier alpha value is -2.98. The lowest BCUT2D eigenvalue weighted by Gasteiger charge is -2.34. The first-order valence-corrected chi connectivity index (χ1v) is 9.74. The van der Waals surface area contributed by atoms with Gasteiger partial charge in [-0.2, -0.15) is 5.26 Å². The largest absolute Gasteiger partial charge is 0.493 e. The highest BCUT2D eigenvalue weighted by atomic mass is 16.5. The number of allylic oxidation sites excluding steroid dienone is 2. The fourth-order valence-corrected chi connectivity index (χ4v) is 4.30. The van der Waals surface area contributed by atoms with Crippen LogP contribution in [0, 0.1) is 11.3 Å². The third-order valence-electron chi connectivity index (χ3n) is 6.00. The number of hydrogen-bond acceptors (Lipinski definition) is 5. The van der Waals surface area contributed by atoms with E-state index in [1.54, 1.807) is 18.2 Å². The summed E-state index contributed by atoms with van der Waals surface area (Å²) in [6, 6.07) is 13.2. The third-order valence-corrected chi connectivity index (χ3v) is 6.00. The summed E-state index contributed by atoms with van der Waals surface area (Å²) in [5.74, 6) is 0.631. The molecule has 0 spiro atoms. The zero-order chi connectivity index (χ0) is 20.8. The molecule has 0 heterocycles. The van der Waals surface area contributed by atoms with Crippen LogP contribution in [0.3, 0.4) is 0 Å². The molecule has 2 aromatic carbocycles. The van der Waals surface area contributed by atoms with Crippen molar-refractivity contribution < 1.29 is 25.2 Å². The fourth-order valence-electron chi connectivity index (χ4n) is 4.30. The molecule has 2 aliphatic carbocycles. The minimum atomic E-state index is -0.798. The van der Waals surface area contributed by atoms with Crippen molar-refractivity contribution in [3.8, 4) is 11.8 Å². The van der Waals surface area contributed by atoms with Crippen LogP contribution in [-0.4, -0.2) is 40.8 Å². The van der Waals surface area contributed by atoms with Crippen molar-refractivity contribution in [2.24, 2.45) is 0 Å². The maximum atomic E-state index is 13.4. The third kappa shape index (κ3) is 3.41. The predicted molar refractivity (Wildman–Crippen MR) is 112 cm³/mol. The lowest BCUT2D eigenvalue weighted by Crippen LogP contribution is -2.29. The van der Waals surface area contributed by atoms with E-state index in [1.165, 1.54) is 0 Å². The molecule has 1 atom stereocenters. The van der Waals surface area contributed by atoms with E-state index in [0.29, 0.717) is 29.7 Å². The molecular formula is C24H25NO5. The van der Waals surface area contributed by atoms with Crippen LogP contribution < -0.4 is 4.74 Å². The number of nitrogens with zero attached hydrogens (tertiary/aromatic N) is 1. The van der Waals surface area contributed by atoms with Crippen molar-refractivity contribution >= 4 is 11.4 Å². The summed E-state index contributed by atoms with van der Waals surface area (Å²) < 4.78 is 5.74. The molecule has 156 valence electrons. The van der Waals surface area contributed by atoms with Gasteiger partial charge in [0.1, 0.15) is 5.75 Å². The summed E-state index contributed by atoms with van der Waals surface area (Å²) in [5, 5.41) is 27.6. The van der Waals surface area contributed by atoms with E-state index in [9.17, 15) is 15.2 Å². The smallest absolute Gasteiger partial charge is 0.193 e. The molecule has 0 aliphatic heterocycles. The van der Waals surface area contributed by atoms with E-state index in [4.69, 9.17) is 9.84 Å². The van der Waals surface area contributed by atoms with Crippen LogP contribution in [0.1, 0.15) is 52.9 Å². The second kappa shape index (κ2) is 8.04. The number of fused-ring (bicyclic) bond motifs is 3. The van der Waals surface area contributed by atoms with Crippen LogP contribution in [0.2, 0.25) is 0 Å². The van der Waals surface area contributed by atoms with Gasteiger partial charge in [0.2, 0.25) is 0 Å². The predicted octanol–water partition coefficient (Wildman–Crippen LogP) is 2.34. The van der Waals surface area contributed by atoms with Crippen LogP contribution in [0.15, 0.2) is 42.0 Å². The number of ketones is 1. The molecule has 6 heteroatoms. The second-order valence-corrected chi connectivity index (χ2v) is 8.15. The number of aliphatic hydroxyl groups excluding tert-OH is 2. The van der Waals surface area contributed by atoms with Crippen molar-refractivity contribution in [1.29, 1.82) is 5.26 Å². The van der Waals surface area contributed by atoms with Gasteiger partial charge in [0.15, 0.2) is 5.78 Å². The van der Waals surface area contributed by atoms with Crippen LogP contribution >= 0.6 is 0 Å². The quantitative estimate of drug-likeness (QED) is 0.788. The van der Waals surface area contributed by atoms with Gasteiger partial charge in [-0.25, -0.2) is 0 Å². The average Bonchev–Trinajstić information content (AvgIpc) is 3.12. The Morgan fingerprint density at radius 3 is 2.67 bits per heavy atom. The molecule has 0 fully saturated rings. The molecule has 4 N–H and O–H groups in total. The van der Waals surface area contributed by atoms with Crippen molar-refractivity contribution in [1.82, 2.24) is 0 Å². The Bertz CT molecular complexity index is 1080. The maximum absolute atomic E-state index is 13.4. The molecule has 0 saturated heterocycles. The van der Waals surface area contributed by atoms with E-state index in [0.717, 1.165) is 27.8 Å². The molecule has 0 saturated carbocycles. The lowest BCUT2D eigenvalue weighted by atomic mass is 9.68. The standard InChI is InChI=1S/C24H23NO4.H2O/c1-24(2)20-11-17(29-8-7-16(27)13-26)5-6-18(20)23(28)22-19-9-14(12-25)3-4-15(19)10-21(22)24;/h3-6,9,11,16,26-27H,7-8,10,13H2,1-2H3;1H2/t16-;/m0./s1.